The van der Waals surface area contributed by atoms with Crippen molar-refractivity contribution >= 4 is 11.6 Å². The van der Waals surface area contributed by atoms with E-state index in [1.807, 2.05) is 6.08 Å². The van der Waals surface area contributed by atoms with E-state index in [9.17, 15) is 0 Å². The van der Waals surface area contributed by atoms with E-state index in [1.54, 1.807) is 6.92 Å². The van der Waals surface area contributed by atoms with E-state index in [1.165, 1.54) is 11.1 Å². The fraction of sp³-hybridized carbons (Fsp3) is 0.400. The summed E-state index contributed by atoms with van der Waals surface area (Å²) in [5, 5.41) is 11.7. The quantitative estimate of drug-likeness (QED) is 0.640. The molecule has 1 heterocycles. The highest BCUT2D eigenvalue weighted by atomic mass is 35.5. The molecule has 0 spiro atoms. The minimum Gasteiger partial charge on any atom is -0.161 e. The molecule has 1 rings (SSSR count). The standard InChI is InChI=1S/C5H7ClN4/c1-5(6)2-3-10-8-4-7-9-10/h2,4H,3H2,1H3. The van der Waals surface area contributed by atoms with Crippen LogP contribution in [0.1, 0.15) is 6.92 Å². The second-order valence-electron chi connectivity index (χ2n) is 1.78. The number of allylic oxidation sites excluding steroid dienone is 2. The summed E-state index contributed by atoms with van der Waals surface area (Å²) in [6.45, 7) is 2.38. The third-order valence-electron chi connectivity index (χ3n) is 0.927. The minimum atomic E-state index is 0.579. The van der Waals surface area contributed by atoms with E-state index in [0.29, 0.717) is 6.54 Å². The first-order chi connectivity index (χ1) is 4.79. The Kier molecular flexibility index (Phi) is 2.39. The van der Waals surface area contributed by atoms with Gasteiger partial charge in [-0.15, -0.1) is 10.2 Å². The van der Waals surface area contributed by atoms with Gasteiger partial charge in [0.05, 0.1) is 6.54 Å². The molecule has 0 fully saturated rings. The van der Waals surface area contributed by atoms with Gasteiger partial charge in [0, 0.05) is 5.03 Å². The highest BCUT2D eigenvalue weighted by Crippen LogP contribution is 1.96. The lowest BCUT2D eigenvalue weighted by Crippen LogP contribution is -1.99. The molecule has 0 aromatic carbocycles. The van der Waals surface area contributed by atoms with E-state index in [-0.39, 0.29) is 0 Å². The number of hydrogen-bond donors (Lipinski definition) is 0. The largest absolute Gasteiger partial charge is 0.162 e. The summed E-state index contributed by atoms with van der Waals surface area (Å²) in [7, 11) is 0. The number of aromatic nitrogens is 4. The third kappa shape index (κ3) is 2.14. The van der Waals surface area contributed by atoms with Gasteiger partial charge in [-0.05, 0) is 18.2 Å². The van der Waals surface area contributed by atoms with E-state index in [4.69, 9.17) is 11.6 Å². The van der Waals surface area contributed by atoms with Crippen molar-refractivity contribution in [3.8, 4) is 0 Å². The van der Waals surface area contributed by atoms with Crippen molar-refractivity contribution in [2.75, 3.05) is 0 Å². The van der Waals surface area contributed by atoms with Gasteiger partial charge >= 0.3 is 0 Å². The molecule has 0 saturated carbocycles. The molecule has 4 nitrogen and oxygen atoms in total. The summed E-state index contributed by atoms with van der Waals surface area (Å²) in [6, 6.07) is 0. The molecular weight excluding hydrogens is 152 g/mol. The van der Waals surface area contributed by atoms with Crippen molar-refractivity contribution in [2.45, 2.75) is 13.5 Å². The molecule has 0 N–H and O–H groups in total. The van der Waals surface area contributed by atoms with Crippen LogP contribution < -0.4 is 0 Å². The van der Waals surface area contributed by atoms with Crippen molar-refractivity contribution in [3.63, 3.8) is 0 Å². The zero-order valence-electron chi connectivity index (χ0n) is 5.53. The van der Waals surface area contributed by atoms with Gasteiger partial charge in [-0.2, -0.15) is 4.80 Å². The Bertz CT molecular complexity index is 212. The lowest BCUT2D eigenvalue weighted by Gasteiger charge is -1.89. The molecule has 0 aliphatic heterocycles. The molecule has 0 saturated heterocycles. The lowest BCUT2D eigenvalue weighted by molar-refractivity contribution is 0.581. The van der Waals surface area contributed by atoms with Crippen LogP contribution >= 0.6 is 11.6 Å². The summed E-state index contributed by atoms with van der Waals surface area (Å²) >= 11 is 5.57. The number of hydrogen-bond acceptors (Lipinski definition) is 3. The summed E-state index contributed by atoms with van der Waals surface area (Å²) < 4.78 is 0. The number of nitrogens with zero attached hydrogens (tertiary/aromatic N) is 4. The molecule has 1 aromatic rings. The van der Waals surface area contributed by atoms with Gasteiger partial charge < -0.3 is 0 Å². The fourth-order valence-electron chi connectivity index (χ4n) is 0.480. The van der Waals surface area contributed by atoms with Gasteiger partial charge in [-0.1, -0.05) is 11.6 Å². The SMILES string of the molecule is CC(Cl)=CCn1ncnn1. The number of tetrazole rings is 1. The van der Waals surface area contributed by atoms with Crippen molar-refractivity contribution in [2.24, 2.45) is 0 Å². The molecule has 0 bridgehead atoms. The summed E-state index contributed by atoms with van der Waals surface area (Å²) in [4.78, 5) is 1.45. The molecule has 1 aromatic heterocycles. The maximum absolute atomic E-state index is 5.57. The Morgan fingerprint density at radius 3 is 3.10 bits per heavy atom. The molecule has 0 unspecified atom stereocenters. The van der Waals surface area contributed by atoms with Crippen LogP contribution in [0.15, 0.2) is 17.4 Å². The van der Waals surface area contributed by atoms with Crippen molar-refractivity contribution < 1.29 is 0 Å². The van der Waals surface area contributed by atoms with Gasteiger partial charge in [0.1, 0.15) is 0 Å². The van der Waals surface area contributed by atoms with Crippen LogP contribution in [0.25, 0.3) is 0 Å². The zero-order chi connectivity index (χ0) is 7.40. The third-order valence-corrected chi connectivity index (χ3v) is 1.08. The van der Waals surface area contributed by atoms with Crippen LogP contribution in [0, 0.1) is 0 Å². The zero-order valence-corrected chi connectivity index (χ0v) is 6.28. The second kappa shape index (κ2) is 3.31. The Hall–Kier alpha value is -0.900. The molecule has 0 aliphatic carbocycles. The molecule has 10 heavy (non-hydrogen) atoms. The van der Waals surface area contributed by atoms with Gasteiger partial charge in [0.2, 0.25) is 0 Å². The summed E-state index contributed by atoms with van der Waals surface area (Å²) in [5.41, 5.74) is 0. The van der Waals surface area contributed by atoms with E-state index < -0.39 is 0 Å². The predicted octanol–water partition coefficient (Wildman–Crippen LogP) is 0.816. The van der Waals surface area contributed by atoms with Crippen molar-refractivity contribution in [3.05, 3.63) is 17.4 Å². The summed E-state index contributed by atoms with van der Waals surface area (Å²) in [5.74, 6) is 0. The molecule has 0 amide bonds. The fourth-order valence-corrected chi connectivity index (χ4v) is 0.549. The molecule has 5 heteroatoms. The number of rotatable bonds is 2. The van der Waals surface area contributed by atoms with Gasteiger partial charge in [-0.25, -0.2) is 0 Å². The molecule has 54 valence electrons. The Balaban J connectivity index is 2.49. The maximum Gasteiger partial charge on any atom is 0.162 e. The predicted molar refractivity (Wildman–Crippen MR) is 37.4 cm³/mol. The normalized spacial score (nSPS) is 12.0. The van der Waals surface area contributed by atoms with E-state index in [2.05, 4.69) is 15.4 Å². The Labute approximate surface area is 63.5 Å². The van der Waals surface area contributed by atoms with Crippen LogP contribution in [-0.4, -0.2) is 20.2 Å². The van der Waals surface area contributed by atoms with Gasteiger partial charge in [0.25, 0.3) is 0 Å². The second-order valence-corrected chi connectivity index (χ2v) is 2.38. The van der Waals surface area contributed by atoms with Crippen LogP contribution in [0.3, 0.4) is 0 Å². The average Bonchev–Trinajstić information content (AvgIpc) is 2.34. The van der Waals surface area contributed by atoms with Crippen LogP contribution in [0.4, 0.5) is 0 Å². The summed E-state index contributed by atoms with van der Waals surface area (Å²) in [6.07, 6.45) is 3.20. The highest BCUT2D eigenvalue weighted by molar-refractivity contribution is 6.29. The lowest BCUT2D eigenvalue weighted by atomic mass is 10.5. The number of halogens is 1. The Morgan fingerprint density at radius 2 is 2.60 bits per heavy atom. The Morgan fingerprint density at radius 1 is 1.80 bits per heavy atom. The van der Waals surface area contributed by atoms with E-state index in [0.717, 1.165) is 5.03 Å². The van der Waals surface area contributed by atoms with Gasteiger partial charge in [0.15, 0.2) is 6.33 Å². The first-order valence-electron chi connectivity index (χ1n) is 2.82. The first-order valence-corrected chi connectivity index (χ1v) is 3.20. The molecule has 0 atom stereocenters. The maximum atomic E-state index is 5.57. The van der Waals surface area contributed by atoms with Crippen LogP contribution in [-0.2, 0) is 6.54 Å². The molecule has 0 aliphatic rings. The van der Waals surface area contributed by atoms with Crippen molar-refractivity contribution in [1.29, 1.82) is 0 Å². The van der Waals surface area contributed by atoms with E-state index >= 15 is 0 Å². The first kappa shape index (κ1) is 7.21. The smallest absolute Gasteiger partial charge is 0.161 e. The molecular formula is C5H7ClN4. The highest BCUT2D eigenvalue weighted by Gasteiger charge is 1.87. The van der Waals surface area contributed by atoms with Crippen molar-refractivity contribution in [1.82, 2.24) is 20.2 Å². The topological polar surface area (TPSA) is 43.6 Å². The van der Waals surface area contributed by atoms with Crippen LogP contribution in [0.2, 0.25) is 0 Å². The average molecular weight is 159 g/mol. The van der Waals surface area contributed by atoms with Gasteiger partial charge in [-0.3, -0.25) is 0 Å². The van der Waals surface area contributed by atoms with Crippen LogP contribution in [0.5, 0.6) is 0 Å². The monoisotopic (exact) mass is 158 g/mol. The minimum absolute atomic E-state index is 0.579. The molecule has 0 radical (unpaired) electrons.